The number of carbonyl (C=O) groups excluding carboxylic acids is 1. The lowest BCUT2D eigenvalue weighted by molar-refractivity contribution is -0.125. The normalized spacial score (nSPS) is 15.3. The van der Waals surface area contributed by atoms with E-state index in [0.717, 1.165) is 33.3 Å². The summed E-state index contributed by atoms with van der Waals surface area (Å²) in [5.41, 5.74) is 8.10. The van der Waals surface area contributed by atoms with E-state index in [2.05, 4.69) is 27.6 Å². The molecular formula is C27H23ClN4OS2. The lowest BCUT2D eigenvalue weighted by atomic mass is 9.97. The van der Waals surface area contributed by atoms with E-state index in [-0.39, 0.29) is 5.91 Å². The molecule has 0 unspecified atom stereocenters. The van der Waals surface area contributed by atoms with Gasteiger partial charge in [-0.2, -0.15) is 5.10 Å². The number of H-pyrrole nitrogens is 1. The van der Waals surface area contributed by atoms with Crippen LogP contribution >= 0.6 is 35.6 Å². The molecule has 1 amide bonds. The molecule has 1 aliphatic rings. The molecule has 2 heterocycles. The van der Waals surface area contributed by atoms with E-state index in [1.807, 2.05) is 71.6 Å². The van der Waals surface area contributed by atoms with Crippen LogP contribution in [-0.4, -0.2) is 32.4 Å². The molecule has 0 aliphatic carbocycles. The zero-order valence-corrected chi connectivity index (χ0v) is 21.2. The smallest absolute Gasteiger partial charge is 0.263 e. The number of nitrogens with one attached hydrogen (secondary N) is 2. The molecule has 0 fully saturated rings. The van der Waals surface area contributed by atoms with Gasteiger partial charge in [0.25, 0.3) is 5.91 Å². The van der Waals surface area contributed by atoms with E-state index in [9.17, 15) is 4.79 Å². The number of thioether (sulfide) groups is 1. The third kappa shape index (κ3) is 5.42. The van der Waals surface area contributed by atoms with Crippen LogP contribution in [0.5, 0.6) is 0 Å². The predicted molar refractivity (Wildman–Crippen MR) is 149 cm³/mol. The van der Waals surface area contributed by atoms with E-state index >= 15 is 0 Å². The van der Waals surface area contributed by atoms with Gasteiger partial charge in [-0.3, -0.25) is 4.79 Å². The maximum absolute atomic E-state index is 13.3. The molecule has 5 rings (SSSR count). The summed E-state index contributed by atoms with van der Waals surface area (Å²) in [5.74, 6) is 0.523. The van der Waals surface area contributed by atoms with Crippen LogP contribution in [0.2, 0.25) is 5.02 Å². The number of carbonyl (C=O) groups is 1. The van der Waals surface area contributed by atoms with Crippen molar-refractivity contribution in [2.75, 3.05) is 0 Å². The minimum absolute atomic E-state index is 0.178. The summed E-state index contributed by atoms with van der Waals surface area (Å²) in [6.07, 6.45) is 2.20. The minimum Gasteiger partial charge on any atom is -0.357 e. The number of thiocarbonyl (C=S) groups is 1. The van der Waals surface area contributed by atoms with Gasteiger partial charge >= 0.3 is 0 Å². The summed E-state index contributed by atoms with van der Waals surface area (Å²) >= 11 is 13.4. The van der Waals surface area contributed by atoms with Crippen molar-refractivity contribution in [3.63, 3.8) is 0 Å². The molecule has 1 aliphatic heterocycles. The molecule has 0 radical (unpaired) electrons. The van der Waals surface area contributed by atoms with E-state index in [1.165, 1.54) is 0 Å². The zero-order chi connectivity index (χ0) is 24.2. The van der Waals surface area contributed by atoms with Crippen LogP contribution in [0.15, 0.2) is 84.0 Å². The molecule has 1 aromatic heterocycles. The summed E-state index contributed by atoms with van der Waals surface area (Å²) in [6, 6.07) is 25.1. The first-order valence-electron chi connectivity index (χ1n) is 11.2. The van der Waals surface area contributed by atoms with Gasteiger partial charge < -0.3 is 9.88 Å². The second-order valence-corrected chi connectivity index (χ2v) is 10.3. The molecule has 176 valence electrons. The third-order valence-electron chi connectivity index (χ3n) is 6.00. The van der Waals surface area contributed by atoms with Crippen LogP contribution in [0, 0.1) is 0 Å². The molecule has 1 atom stereocenters. The summed E-state index contributed by atoms with van der Waals surface area (Å²) in [7, 11) is 0. The highest BCUT2D eigenvalue weighted by Crippen LogP contribution is 2.32. The quantitative estimate of drug-likeness (QED) is 0.196. The number of aromatic amines is 1. The van der Waals surface area contributed by atoms with Crippen LogP contribution in [-0.2, 0) is 23.5 Å². The molecule has 3 aromatic carbocycles. The number of benzene rings is 3. The molecule has 2 N–H and O–H groups in total. The SMILES string of the molecule is O=C(N/N=C/c1ccccc1)[C@@H]1Cc2c([nH]c3ccccc23)CN1C(=S)SCc1ccc(Cl)cc1. The number of rotatable bonds is 5. The highest BCUT2D eigenvalue weighted by Gasteiger charge is 2.35. The van der Waals surface area contributed by atoms with Gasteiger partial charge in [0.05, 0.1) is 12.8 Å². The Labute approximate surface area is 218 Å². The van der Waals surface area contributed by atoms with Gasteiger partial charge in [0.1, 0.15) is 10.4 Å². The van der Waals surface area contributed by atoms with Gasteiger partial charge in [-0.15, -0.1) is 0 Å². The number of hydrogen-bond acceptors (Lipinski definition) is 4. The second-order valence-electron chi connectivity index (χ2n) is 8.30. The van der Waals surface area contributed by atoms with Crippen LogP contribution in [0.3, 0.4) is 0 Å². The highest BCUT2D eigenvalue weighted by molar-refractivity contribution is 8.22. The van der Waals surface area contributed by atoms with Gasteiger partial charge in [-0.1, -0.05) is 96.2 Å². The fourth-order valence-electron chi connectivity index (χ4n) is 4.23. The van der Waals surface area contributed by atoms with Gasteiger partial charge in [-0.05, 0) is 34.9 Å². The standard InChI is InChI=1S/C27H23ClN4OS2/c28-20-12-10-19(11-13-20)17-35-27(34)32-16-24-22(21-8-4-5-9-23(21)30-24)14-25(32)26(33)31-29-15-18-6-2-1-3-7-18/h1-13,15,25,30H,14,16-17H2,(H,31,33)/b29-15+/t25-/m0/s1. The minimum atomic E-state index is -0.458. The molecule has 0 saturated heterocycles. The number of amides is 1. The molecule has 0 bridgehead atoms. The van der Waals surface area contributed by atoms with Crippen molar-refractivity contribution in [2.45, 2.75) is 24.8 Å². The number of fused-ring (bicyclic) bond motifs is 3. The monoisotopic (exact) mass is 518 g/mol. The molecule has 5 nitrogen and oxygen atoms in total. The average Bonchev–Trinajstić information content (AvgIpc) is 3.25. The predicted octanol–water partition coefficient (Wildman–Crippen LogP) is 5.92. The third-order valence-corrected chi connectivity index (χ3v) is 7.80. The molecule has 35 heavy (non-hydrogen) atoms. The van der Waals surface area contributed by atoms with Gasteiger partial charge in [0, 0.05) is 33.8 Å². The summed E-state index contributed by atoms with van der Waals surface area (Å²) in [4.78, 5) is 18.8. The van der Waals surface area contributed by atoms with E-state index in [1.54, 1.807) is 18.0 Å². The van der Waals surface area contributed by atoms with E-state index in [0.29, 0.717) is 28.1 Å². The van der Waals surface area contributed by atoms with Gasteiger partial charge in [-0.25, -0.2) is 5.43 Å². The van der Waals surface area contributed by atoms with Crippen LogP contribution < -0.4 is 5.43 Å². The summed E-state index contributed by atoms with van der Waals surface area (Å²) in [5, 5.41) is 6.05. The van der Waals surface area contributed by atoms with Crippen molar-refractivity contribution in [1.82, 2.24) is 15.3 Å². The fraction of sp³-hybridized carbons (Fsp3) is 0.148. The van der Waals surface area contributed by atoms with Crippen LogP contribution in [0.1, 0.15) is 22.4 Å². The van der Waals surface area contributed by atoms with Crippen molar-refractivity contribution in [3.05, 3.63) is 106 Å². The first kappa shape index (κ1) is 23.6. The molecule has 4 aromatic rings. The largest absolute Gasteiger partial charge is 0.357 e. The molecule has 0 saturated carbocycles. The van der Waals surface area contributed by atoms with Gasteiger partial charge in [0.15, 0.2) is 0 Å². The van der Waals surface area contributed by atoms with Crippen LogP contribution in [0.25, 0.3) is 10.9 Å². The van der Waals surface area contributed by atoms with Crippen molar-refractivity contribution >= 4 is 62.9 Å². The number of aromatic nitrogens is 1. The Bertz CT molecular complexity index is 1390. The Morgan fingerprint density at radius 2 is 1.86 bits per heavy atom. The maximum atomic E-state index is 13.3. The fourth-order valence-corrected chi connectivity index (χ4v) is 5.56. The number of hydrogen-bond donors (Lipinski definition) is 2. The number of halogens is 1. The summed E-state index contributed by atoms with van der Waals surface area (Å²) < 4.78 is 0.677. The van der Waals surface area contributed by atoms with Gasteiger partial charge in [0.2, 0.25) is 0 Å². The number of nitrogens with zero attached hydrogens (tertiary/aromatic N) is 2. The first-order chi connectivity index (χ1) is 17.1. The van der Waals surface area contributed by atoms with Crippen molar-refractivity contribution < 1.29 is 4.79 Å². The van der Waals surface area contributed by atoms with Crippen molar-refractivity contribution in [2.24, 2.45) is 5.10 Å². The summed E-state index contributed by atoms with van der Waals surface area (Å²) in [6.45, 7) is 0.539. The molecule has 0 spiro atoms. The maximum Gasteiger partial charge on any atom is 0.263 e. The first-order valence-corrected chi connectivity index (χ1v) is 13.0. The Morgan fingerprint density at radius 3 is 2.66 bits per heavy atom. The second kappa shape index (κ2) is 10.6. The lowest BCUT2D eigenvalue weighted by Gasteiger charge is -2.35. The molecule has 8 heteroatoms. The Hall–Kier alpha value is -3.13. The zero-order valence-electron chi connectivity index (χ0n) is 18.8. The lowest BCUT2D eigenvalue weighted by Crippen LogP contribution is -2.50. The average molecular weight is 519 g/mol. The van der Waals surface area contributed by atoms with E-state index in [4.69, 9.17) is 23.8 Å². The Balaban J connectivity index is 1.37. The highest BCUT2D eigenvalue weighted by atomic mass is 35.5. The topological polar surface area (TPSA) is 60.5 Å². The van der Waals surface area contributed by atoms with Crippen LogP contribution in [0.4, 0.5) is 0 Å². The molecular weight excluding hydrogens is 496 g/mol. The van der Waals surface area contributed by atoms with Crippen molar-refractivity contribution in [3.8, 4) is 0 Å². The van der Waals surface area contributed by atoms with Crippen molar-refractivity contribution in [1.29, 1.82) is 0 Å². The van der Waals surface area contributed by atoms with E-state index < -0.39 is 6.04 Å². The Morgan fingerprint density at radius 1 is 1.11 bits per heavy atom. The number of hydrazone groups is 1. The number of para-hydroxylation sites is 1. The Kier molecular flexibility index (Phi) is 7.18.